The molecule has 1 heterocycles. The number of benzene rings is 1. The summed E-state index contributed by atoms with van der Waals surface area (Å²) in [5.41, 5.74) is 1.14. The monoisotopic (exact) mass is 421 g/mol. The Morgan fingerprint density at radius 1 is 1.07 bits per heavy atom. The van der Waals surface area contributed by atoms with E-state index in [2.05, 4.69) is 22.0 Å². The number of aliphatic hydroxyl groups is 2. The molecule has 7 heteroatoms. The minimum Gasteiger partial charge on any atom is -0.493 e. The van der Waals surface area contributed by atoms with Crippen molar-refractivity contribution in [2.75, 3.05) is 53.0 Å². The van der Waals surface area contributed by atoms with Gasteiger partial charge in [-0.05, 0) is 49.9 Å². The summed E-state index contributed by atoms with van der Waals surface area (Å²) >= 11 is 0. The second-order valence-electron chi connectivity index (χ2n) is 8.57. The van der Waals surface area contributed by atoms with Gasteiger partial charge in [-0.25, -0.2) is 0 Å². The minimum absolute atomic E-state index is 0.129. The molecule has 1 saturated carbocycles. The van der Waals surface area contributed by atoms with Crippen molar-refractivity contribution in [1.29, 1.82) is 0 Å². The smallest absolute Gasteiger partial charge is 0.161 e. The fourth-order valence-corrected chi connectivity index (χ4v) is 4.31. The van der Waals surface area contributed by atoms with Crippen molar-refractivity contribution in [2.45, 2.75) is 57.4 Å². The Morgan fingerprint density at radius 2 is 1.77 bits per heavy atom. The van der Waals surface area contributed by atoms with Gasteiger partial charge in [-0.15, -0.1) is 0 Å². The molecule has 3 N–H and O–H groups in total. The zero-order valence-electron chi connectivity index (χ0n) is 18.6. The Labute approximate surface area is 181 Å². The van der Waals surface area contributed by atoms with Crippen molar-refractivity contribution >= 4 is 0 Å². The fourth-order valence-electron chi connectivity index (χ4n) is 4.31. The highest BCUT2D eigenvalue weighted by Gasteiger charge is 2.20. The predicted octanol–water partition coefficient (Wildman–Crippen LogP) is 1.47. The SMILES string of the molecule is CCN1CCN(CC(O)COc2ccc(CNC3CCC(O)CC3)cc2OC)CC1. The first-order valence-electron chi connectivity index (χ1n) is 11.4. The van der Waals surface area contributed by atoms with Gasteiger partial charge in [0.05, 0.1) is 13.2 Å². The number of nitrogens with one attached hydrogen (secondary N) is 1. The number of piperazine rings is 1. The molecule has 1 unspecified atom stereocenters. The van der Waals surface area contributed by atoms with Gasteiger partial charge in [-0.2, -0.15) is 0 Å². The van der Waals surface area contributed by atoms with Gasteiger partial charge in [-0.3, -0.25) is 4.90 Å². The molecule has 3 rings (SSSR count). The topological polar surface area (TPSA) is 77.4 Å². The summed E-state index contributed by atoms with van der Waals surface area (Å²) in [6.45, 7) is 9.06. The third kappa shape index (κ3) is 7.10. The van der Waals surface area contributed by atoms with E-state index in [0.717, 1.165) is 70.5 Å². The Balaban J connectivity index is 1.43. The maximum Gasteiger partial charge on any atom is 0.161 e. The van der Waals surface area contributed by atoms with Crippen LogP contribution >= 0.6 is 0 Å². The second-order valence-corrected chi connectivity index (χ2v) is 8.57. The van der Waals surface area contributed by atoms with Crippen molar-refractivity contribution in [1.82, 2.24) is 15.1 Å². The molecule has 1 aliphatic carbocycles. The zero-order valence-corrected chi connectivity index (χ0v) is 18.6. The molecule has 0 amide bonds. The number of nitrogens with zero attached hydrogens (tertiary/aromatic N) is 2. The number of rotatable bonds is 10. The zero-order chi connectivity index (χ0) is 21.3. The highest BCUT2D eigenvalue weighted by molar-refractivity contribution is 5.43. The summed E-state index contributed by atoms with van der Waals surface area (Å²) in [5.74, 6) is 1.36. The van der Waals surface area contributed by atoms with E-state index < -0.39 is 6.10 Å². The van der Waals surface area contributed by atoms with Crippen LogP contribution in [0.1, 0.15) is 38.2 Å². The van der Waals surface area contributed by atoms with Crippen LogP contribution in [0.2, 0.25) is 0 Å². The molecule has 0 aromatic heterocycles. The molecule has 1 atom stereocenters. The molecule has 2 fully saturated rings. The van der Waals surface area contributed by atoms with Crippen molar-refractivity contribution in [3.63, 3.8) is 0 Å². The standard InChI is InChI=1S/C23H39N3O4/c1-3-25-10-12-26(13-11-25)16-21(28)17-30-22-9-4-18(14-23(22)29-2)15-24-19-5-7-20(27)8-6-19/h4,9,14,19-21,24,27-28H,3,5-8,10-13,15-17H2,1-2H3. The van der Waals surface area contributed by atoms with Crippen molar-refractivity contribution in [3.05, 3.63) is 23.8 Å². The lowest BCUT2D eigenvalue weighted by molar-refractivity contribution is 0.0464. The highest BCUT2D eigenvalue weighted by atomic mass is 16.5. The van der Waals surface area contributed by atoms with Crippen molar-refractivity contribution in [2.24, 2.45) is 0 Å². The summed E-state index contributed by atoms with van der Waals surface area (Å²) in [6.07, 6.45) is 3.14. The average Bonchev–Trinajstić information content (AvgIpc) is 2.78. The van der Waals surface area contributed by atoms with Crippen LogP contribution in [-0.2, 0) is 6.54 Å². The van der Waals surface area contributed by atoms with Gasteiger partial charge >= 0.3 is 0 Å². The van der Waals surface area contributed by atoms with Crippen LogP contribution < -0.4 is 14.8 Å². The lowest BCUT2D eigenvalue weighted by Gasteiger charge is -2.34. The molecule has 0 spiro atoms. The molecular formula is C23H39N3O4. The molecule has 1 aromatic rings. The quantitative estimate of drug-likeness (QED) is 0.528. The van der Waals surface area contributed by atoms with Crippen molar-refractivity contribution in [3.8, 4) is 11.5 Å². The summed E-state index contributed by atoms with van der Waals surface area (Å²) < 4.78 is 11.4. The maximum absolute atomic E-state index is 10.4. The van der Waals surface area contributed by atoms with E-state index in [1.54, 1.807) is 7.11 Å². The largest absolute Gasteiger partial charge is 0.493 e. The van der Waals surface area contributed by atoms with Gasteiger partial charge < -0.3 is 29.9 Å². The van der Waals surface area contributed by atoms with Crippen LogP contribution in [0.4, 0.5) is 0 Å². The van der Waals surface area contributed by atoms with Crippen LogP contribution in [0.15, 0.2) is 18.2 Å². The minimum atomic E-state index is -0.522. The lowest BCUT2D eigenvalue weighted by atomic mass is 9.93. The third-order valence-electron chi connectivity index (χ3n) is 6.33. The molecule has 1 aromatic carbocycles. The molecular weight excluding hydrogens is 382 g/mol. The number of hydrogen-bond donors (Lipinski definition) is 3. The first-order chi connectivity index (χ1) is 14.6. The summed E-state index contributed by atoms with van der Waals surface area (Å²) in [6, 6.07) is 6.42. The molecule has 2 aliphatic rings. The van der Waals surface area contributed by atoms with Gasteiger partial charge in [0.1, 0.15) is 12.7 Å². The fraction of sp³-hybridized carbons (Fsp3) is 0.739. The first-order valence-corrected chi connectivity index (χ1v) is 11.4. The number of aliphatic hydroxyl groups excluding tert-OH is 2. The second kappa shape index (κ2) is 11.9. The predicted molar refractivity (Wildman–Crippen MR) is 118 cm³/mol. The Morgan fingerprint density at radius 3 is 2.43 bits per heavy atom. The van der Waals surface area contributed by atoms with Gasteiger partial charge in [-0.1, -0.05) is 13.0 Å². The van der Waals surface area contributed by atoms with E-state index in [1.165, 1.54) is 0 Å². The molecule has 170 valence electrons. The molecule has 0 radical (unpaired) electrons. The normalized spacial score (nSPS) is 24.5. The van der Waals surface area contributed by atoms with Crippen LogP contribution in [0.3, 0.4) is 0 Å². The van der Waals surface area contributed by atoms with Gasteiger partial charge in [0.2, 0.25) is 0 Å². The van der Waals surface area contributed by atoms with E-state index >= 15 is 0 Å². The lowest BCUT2D eigenvalue weighted by Crippen LogP contribution is -2.49. The number of ether oxygens (including phenoxy) is 2. The molecule has 1 aliphatic heterocycles. The van der Waals surface area contributed by atoms with E-state index in [9.17, 15) is 10.2 Å². The Kier molecular flexibility index (Phi) is 9.21. The van der Waals surface area contributed by atoms with Crippen LogP contribution in [0, 0.1) is 0 Å². The van der Waals surface area contributed by atoms with Crippen molar-refractivity contribution < 1.29 is 19.7 Å². The molecule has 0 bridgehead atoms. The first kappa shape index (κ1) is 23.3. The van der Waals surface area contributed by atoms with E-state index in [1.807, 2.05) is 18.2 Å². The van der Waals surface area contributed by atoms with Gasteiger partial charge in [0.15, 0.2) is 11.5 Å². The number of likely N-dealkylation sites (N-methyl/N-ethyl adjacent to an activating group) is 1. The molecule has 1 saturated heterocycles. The average molecular weight is 422 g/mol. The Hall–Kier alpha value is -1.38. The molecule has 7 nitrogen and oxygen atoms in total. The van der Waals surface area contributed by atoms with E-state index in [-0.39, 0.29) is 12.7 Å². The number of hydrogen-bond acceptors (Lipinski definition) is 7. The summed E-state index contributed by atoms with van der Waals surface area (Å²) in [5, 5.41) is 23.6. The van der Waals surface area contributed by atoms with E-state index in [0.29, 0.717) is 24.1 Å². The van der Waals surface area contributed by atoms with Gasteiger partial charge in [0, 0.05) is 45.3 Å². The number of β-amino-alcohol motifs (C(OH)–C–C–N with tert-alkyl or cyclic N) is 1. The van der Waals surface area contributed by atoms with Gasteiger partial charge in [0.25, 0.3) is 0 Å². The highest BCUT2D eigenvalue weighted by Crippen LogP contribution is 2.28. The number of methoxy groups -OCH3 is 1. The maximum atomic E-state index is 10.4. The van der Waals surface area contributed by atoms with Crippen LogP contribution in [-0.4, -0.2) is 91.2 Å². The molecule has 30 heavy (non-hydrogen) atoms. The van der Waals surface area contributed by atoms with Crippen LogP contribution in [0.25, 0.3) is 0 Å². The summed E-state index contributed by atoms with van der Waals surface area (Å²) in [4.78, 5) is 4.73. The van der Waals surface area contributed by atoms with Crippen LogP contribution in [0.5, 0.6) is 11.5 Å². The third-order valence-corrected chi connectivity index (χ3v) is 6.33. The summed E-state index contributed by atoms with van der Waals surface area (Å²) in [7, 11) is 1.64. The Bertz CT molecular complexity index is 629. The van der Waals surface area contributed by atoms with E-state index in [4.69, 9.17) is 9.47 Å².